The monoisotopic (exact) mass is 260 g/mol. The van der Waals surface area contributed by atoms with Gasteiger partial charge in [0, 0.05) is 25.4 Å². The Morgan fingerprint density at radius 3 is 2.79 bits per heavy atom. The summed E-state index contributed by atoms with van der Waals surface area (Å²) in [5.74, 6) is -1.28. The van der Waals surface area contributed by atoms with Crippen LogP contribution in [0.1, 0.15) is 16.9 Å². The minimum atomic E-state index is -1.10. The molecule has 0 atom stereocenters. The quantitative estimate of drug-likeness (QED) is 0.836. The number of carboxylic acid groups (broad SMARTS) is 1. The van der Waals surface area contributed by atoms with Crippen LogP contribution in [0.15, 0.2) is 36.8 Å². The first-order valence-electron chi connectivity index (χ1n) is 5.62. The molecule has 0 fully saturated rings. The first kappa shape index (κ1) is 12.7. The Labute approximate surface area is 108 Å². The summed E-state index contributed by atoms with van der Waals surface area (Å²) in [6.07, 6.45) is 5.01. The molecule has 0 spiro atoms. The van der Waals surface area contributed by atoms with Gasteiger partial charge in [0.25, 0.3) is 0 Å². The number of carbonyl (C=O) groups is 2. The molecule has 0 aliphatic rings. The van der Waals surface area contributed by atoms with E-state index in [4.69, 9.17) is 5.11 Å². The van der Waals surface area contributed by atoms with E-state index in [1.807, 2.05) is 0 Å². The van der Waals surface area contributed by atoms with Crippen LogP contribution in [-0.4, -0.2) is 31.7 Å². The van der Waals surface area contributed by atoms with E-state index in [-0.39, 0.29) is 18.0 Å². The first-order chi connectivity index (χ1) is 9.15. The SMILES string of the molecule is O=C(CCn1cccn1)Nc1ccc(C(=O)O)nc1. The number of rotatable bonds is 5. The summed E-state index contributed by atoms with van der Waals surface area (Å²) in [5.41, 5.74) is 0.407. The fourth-order valence-electron chi connectivity index (χ4n) is 1.47. The summed E-state index contributed by atoms with van der Waals surface area (Å²) < 4.78 is 1.66. The summed E-state index contributed by atoms with van der Waals surface area (Å²) in [6, 6.07) is 4.63. The average Bonchev–Trinajstić information content (AvgIpc) is 2.90. The fraction of sp³-hybridized carbons (Fsp3) is 0.167. The van der Waals surface area contributed by atoms with Crippen LogP contribution < -0.4 is 5.32 Å². The van der Waals surface area contributed by atoms with Crippen LogP contribution in [0.5, 0.6) is 0 Å². The molecular formula is C12H12N4O3. The number of hydrogen-bond acceptors (Lipinski definition) is 4. The molecule has 2 rings (SSSR count). The van der Waals surface area contributed by atoms with Crippen LogP contribution in [0.3, 0.4) is 0 Å². The van der Waals surface area contributed by atoms with E-state index in [1.165, 1.54) is 18.3 Å². The molecule has 0 saturated heterocycles. The Balaban J connectivity index is 1.86. The second-order valence-electron chi connectivity index (χ2n) is 3.80. The van der Waals surface area contributed by atoms with Crippen molar-refractivity contribution < 1.29 is 14.7 Å². The van der Waals surface area contributed by atoms with Crippen LogP contribution in [0, 0.1) is 0 Å². The number of carbonyl (C=O) groups excluding carboxylic acids is 1. The molecule has 7 heteroatoms. The van der Waals surface area contributed by atoms with Crippen molar-refractivity contribution in [3.8, 4) is 0 Å². The fourth-order valence-corrected chi connectivity index (χ4v) is 1.47. The van der Waals surface area contributed by atoms with Crippen molar-refractivity contribution in [2.45, 2.75) is 13.0 Å². The summed E-state index contributed by atoms with van der Waals surface area (Å²) in [6.45, 7) is 0.486. The van der Waals surface area contributed by atoms with Gasteiger partial charge in [-0.05, 0) is 18.2 Å². The molecule has 2 aromatic rings. The molecule has 0 saturated carbocycles. The third kappa shape index (κ3) is 3.63. The molecule has 0 aliphatic carbocycles. The van der Waals surface area contributed by atoms with Crippen molar-refractivity contribution in [1.82, 2.24) is 14.8 Å². The van der Waals surface area contributed by atoms with Gasteiger partial charge in [0.2, 0.25) is 5.91 Å². The lowest BCUT2D eigenvalue weighted by Crippen LogP contribution is -2.15. The minimum absolute atomic E-state index is 0.0606. The maximum Gasteiger partial charge on any atom is 0.354 e. The molecule has 7 nitrogen and oxygen atoms in total. The van der Waals surface area contributed by atoms with Crippen molar-refractivity contribution in [2.24, 2.45) is 0 Å². The Bertz CT molecular complexity index is 563. The van der Waals surface area contributed by atoms with Crippen LogP contribution in [0.4, 0.5) is 5.69 Å². The molecule has 19 heavy (non-hydrogen) atoms. The minimum Gasteiger partial charge on any atom is -0.477 e. The van der Waals surface area contributed by atoms with E-state index in [9.17, 15) is 9.59 Å². The molecule has 2 heterocycles. The lowest BCUT2D eigenvalue weighted by molar-refractivity contribution is -0.116. The second-order valence-corrected chi connectivity index (χ2v) is 3.80. The zero-order chi connectivity index (χ0) is 13.7. The third-order valence-electron chi connectivity index (χ3n) is 2.39. The summed E-state index contributed by atoms with van der Waals surface area (Å²) in [4.78, 5) is 25.9. The van der Waals surface area contributed by atoms with Crippen LogP contribution in [0.25, 0.3) is 0 Å². The van der Waals surface area contributed by atoms with Crippen LogP contribution in [-0.2, 0) is 11.3 Å². The second kappa shape index (κ2) is 5.76. The van der Waals surface area contributed by atoms with Gasteiger partial charge in [-0.25, -0.2) is 9.78 Å². The van der Waals surface area contributed by atoms with E-state index in [2.05, 4.69) is 15.4 Å². The van der Waals surface area contributed by atoms with Crippen molar-refractivity contribution in [2.75, 3.05) is 5.32 Å². The Morgan fingerprint density at radius 1 is 1.37 bits per heavy atom. The van der Waals surface area contributed by atoms with Gasteiger partial charge in [-0.3, -0.25) is 9.48 Å². The molecule has 1 amide bonds. The maximum absolute atomic E-state index is 11.6. The van der Waals surface area contributed by atoms with Gasteiger partial charge in [-0.2, -0.15) is 5.10 Å². The van der Waals surface area contributed by atoms with E-state index in [1.54, 1.807) is 23.1 Å². The van der Waals surface area contributed by atoms with Gasteiger partial charge in [0.05, 0.1) is 11.9 Å². The number of carboxylic acids is 1. The number of aromatic carboxylic acids is 1. The van der Waals surface area contributed by atoms with Crippen molar-refractivity contribution in [3.63, 3.8) is 0 Å². The standard InChI is InChI=1S/C12H12N4O3/c17-11(4-7-16-6-1-5-14-16)15-9-2-3-10(12(18)19)13-8-9/h1-3,5-6,8H,4,7H2,(H,15,17)(H,18,19). The number of nitrogens with one attached hydrogen (secondary N) is 1. The van der Waals surface area contributed by atoms with Crippen molar-refractivity contribution in [1.29, 1.82) is 0 Å². The third-order valence-corrected chi connectivity index (χ3v) is 2.39. The highest BCUT2D eigenvalue weighted by atomic mass is 16.4. The van der Waals surface area contributed by atoms with Crippen molar-refractivity contribution in [3.05, 3.63) is 42.5 Å². The number of hydrogen-bond donors (Lipinski definition) is 2. The topological polar surface area (TPSA) is 97.1 Å². The summed E-state index contributed by atoms with van der Waals surface area (Å²) >= 11 is 0. The zero-order valence-corrected chi connectivity index (χ0v) is 9.98. The lowest BCUT2D eigenvalue weighted by Gasteiger charge is -2.05. The summed E-state index contributed by atoms with van der Waals surface area (Å²) in [7, 11) is 0. The van der Waals surface area contributed by atoms with Crippen LogP contribution in [0.2, 0.25) is 0 Å². The Morgan fingerprint density at radius 2 is 2.21 bits per heavy atom. The average molecular weight is 260 g/mol. The molecule has 0 radical (unpaired) electrons. The Hall–Kier alpha value is -2.70. The molecule has 2 aromatic heterocycles. The predicted octanol–water partition coefficient (Wildman–Crippen LogP) is 1.01. The van der Waals surface area contributed by atoms with Gasteiger partial charge in [0.15, 0.2) is 0 Å². The number of anilines is 1. The first-order valence-corrected chi connectivity index (χ1v) is 5.62. The van der Waals surface area contributed by atoms with Gasteiger partial charge in [-0.1, -0.05) is 0 Å². The number of aromatic nitrogens is 3. The number of amides is 1. The highest BCUT2D eigenvalue weighted by molar-refractivity contribution is 5.91. The number of pyridine rings is 1. The molecular weight excluding hydrogens is 248 g/mol. The van der Waals surface area contributed by atoms with Crippen molar-refractivity contribution >= 4 is 17.6 Å². The van der Waals surface area contributed by atoms with Gasteiger partial charge >= 0.3 is 5.97 Å². The van der Waals surface area contributed by atoms with Gasteiger partial charge in [-0.15, -0.1) is 0 Å². The van der Waals surface area contributed by atoms with E-state index in [0.29, 0.717) is 12.2 Å². The van der Waals surface area contributed by atoms with E-state index in [0.717, 1.165) is 0 Å². The normalized spacial score (nSPS) is 10.1. The van der Waals surface area contributed by atoms with Gasteiger partial charge < -0.3 is 10.4 Å². The van der Waals surface area contributed by atoms with E-state index >= 15 is 0 Å². The smallest absolute Gasteiger partial charge is 0.354 e. The molecule has 98 valence electrons. The maximum atomic E-state index is 11.6. The largest absolute Gasteiger partial charge is 0.477 e. The zero-order valence-electron chi connectivity index (χ0n) is 9.98. The molecule has 0 unspecified atom stereocenters. The molecule has 0 aromatic carbocycles. The Kier molecular flexibility index (Phi) is 3.87. The van der Waals surface area contributed by atoms with Crippen LogP contribution >= 0.6 is 0 Å². The highest BCUT2D eigenvalue weighted by Gasteiger charge is 2.06. The van der Waals surface area contributed by atoms with E-state index < -0.39 is 5.97 Å². The number of aryl methyl sites for hydroxylation is 1. The highest BCUT2D eigenvalue weighted by Crippen LogP contribution is 2.07. The van der Waals surface area contributed by atoms with Gasteiger partial charge in [0.1, 0.15) is 5.69 Å². The summed E-state index contributed by atoms with van der Waals surface area (Å²) in [5, 5.41) is 15.3. The molecule has 2 N–H and O–H groups in total. The number of nitrogens with zero attached hydrogens (tertiary/aromatic N) is 3. The molecule has 0 bridgehead atoms. The lowest BCUT2D eigenvalue weighted by atomic mass is 10.3. The molecule has 0 aliphatic heterocycles. The predicted molar refractivity (Wildman–Crippen MR) is 66.7 cm³/mol.